The summed E-state index contributed by atoms with van der Waals surface area (Å²) < 4.78 is 3.59. The monoisotopic (exact) mass is 263 g/mol. The van der Waals surface area contributed by atoms with E-state index < -0.39 is 11.9 Å². The Kier molecular flexibility index (Phi) is 3.33. The second-order valence-corrected chi connectivity index (χ2v) is 4.19. The van der Waals surface area contributed by atoms with Crippen LogP contribution in [0.3, 0.4) is 0 Å². The van der Waals surface area contributed by atoms with Gasteiger partial charge in [-0.25, -0.2) is 4.79 Å². The van der Waals surface area contributed by atoms with Crippen molar-refractivity contribution < 1.29 is 14.7 Å². The molecule has 6 nitrogen and oxygen atoms in total. The number of hydrogen-bond acceptors (Lipinski definition) is 5. The summed E-state index contributed by atoms with van der Waals surface area (Å²) in [6.45, 7) is 1.78. The number of aryl methyl sites for hydroxylation is 1. The van der Waals surface area contributed by atoms with Crippen LogP contribution in [-0.2, 0) is 0 Å². The number of rotatable bonds is 3. The number of carboxylic acid groups (broad SMARTS) is 1. The third-order valence-corrected chi connectivity index (χ3v) is 2.83. The molecule has 92 valence electrons. The molecule has 0 spiro atoms. The molecule has 0 saturated carbocycles. The Labute approximate surface area is 106 Å². The van der Waals surface area contributed by atoms with E-state index >= 15 is 0 Å². The van der Waals surface area contributed by atoms with Gasteiger partial charge in [0.1, 0.15) is 0 Å². The van der Waals surface area contributed by atoms with Gasteiger partial charge in [0.2, 0.25) is 0 Å². The lowest BCUT2D eigenvalue weighted by molar-refractivity contribution is 0.0696. The second-order valence-electron chi connectivity index (χ2n) is 3.58. The van der Waals surface area contributed by atoms with Crippen LogP contribution in [0.15, 0.2) is 23.6 Å². The number of aromatic carboxylic acids is 1. The fourth-order valence-corrected chi connectivity index (χ4v) is 1.78. The van der Waals surface area contributed by atoms with Gasteiger partial charge in [0.05, 0.1) is 5.56 Å². The Morgan fingerprint density at radius 2 is 2.17 bits per heavy atom. The van der Waals surface area contributed by atoms with Gasteiger partial charge in [-0.1, -0.05) is 10.6 Å². The van der Waals surface area contributed by atoms with Crippen LogP contribution in [0.4, 0.5) is 5.69 Å². The fourth-order valence-electron chi connectivity index (χ4n) is 1.34. The highest BCUT2D eigenvalue weighted by Gasteiger charge is 2.12. The molecular formula is C11H9N3O3S. The maximum atomic E-state index is 11.8. The van der Waals surface area contributed by atoms with Gasteiger partial charge in [-0.2, -0.15) is 0 Å². The Morgan fingerprint density at radius 3 is 2.78 bits per heavy atom. The zero-order chi connectivity index (χ0) is 13.1. The molecule has 0 unspecified atom stereocenters. The second kappa shape index (κ2) is 4.92. The molecule has 18 heavy (non-hydrogen) atoms. The number of carboxylic acids is 1. The number of nitrogens with one attached hydrogen (secondary N) is 1. The van der Waals surface area contributed by atoms with Crippen molar-refractivity contribution in [2.24, 2.45) is 0 Å². The molecule has 1 heterocycles. The first-order chi connectivity index (χ1) is 8.58. The van der Waals surface area contributed by atoms with Crippen molar-refractivity contribution in [1.82, 2.24) is 9.59 Å². The highest BCUT2D eigenvalue weighted by Crippen LogP contribution is 2.17. The minimum absolute atomic E-state index is 0.118. The quantitative estimate of drug-likeness (QED) is 0.880. The van der Waals surface area contributed by atoms with Crippen molar-refractivity contribution in [1.29, 1.82) is 0 Å². The van der Waals surface area contributed by atoms with E-state index in [4.69, 9.17) is 5.11 Å². The molecule has 0 aliphatic carbocycles. The maximum Gasteiger partial charge on any atom is 0.335 e. The van der Waals surface area contributed by atoms with Crippen molar-refractivity contribution in [2.45, 2.75) is 6.92 Å². The van der Waals surface area contributed by atoms with Gasteiger partial charge in [0, 0.05) is 11.1 Å². The van der Waals surface area contributed by atoms with Crippen LogP contribution in [0.5, 0.6) is 0 Å². The summed E-state index contributed by atoms with van der Waals surface area (Å²) in [7, 11) is 0. The van der Waals surface area contributed by atoms with Gasteiger partial charge < -0.3 is 10.4 Å². The lowest BCUT2D eigenvalue weighted by Gasteiger charge is -2.07. The molecule has 0 bridgehead atoms. The van der Waals surface area contributed by atoms with Gasteiger partial charge in [-0.3, -0.25) is 4.79 Å². The number of aromatic nitrogens is 2. The highest BCUT2D eigenvalue weighted by atomic mass is 32.1. The molecule has 7 heteroatoms. The lowest BCUT2D eigenvalue weighted by atomic mass is 10.1. The van der Waals surface area contributed by atoms with E-state index in [1.165, 1.54) is 17.5 Å². The summed E-state index contributed by atoms with van der Waals surface area (Å²) in [6.07, 6.45) is 0. The smallest absolute Gasteiger partial charge is 0.335 e. The molecule has 2 rings (SSSR count). The predicted octanol–water partition coefficient (Wildman–Crippen LogP) is 1.80. The SMILES string of the molecule is Cc1ccc(C(=O)O)cc1NC(=O)c1csnn1. The van der Waals surface area contributed by atoms with E-state index in [-0.39, 0.29) is 11.3 Å². The van der Waals surface area contributed by atoms with Gasteiger partial charge in [-0.05, 0) is 36.2 Å². The molecule has 2 aromatic rings. The molecule has 1 aromatic carbocycles. The van der Waals surface area contributed by atoms with Crippen molar-refractivity contribution in [3.63, 3.8) is 0 Å². The van der Waals surface area contributed by atoms with Crippen LogP contribution in [0.1, 0.15) is 26.4 Å². The molecule has 0 atom stereocenters. The van der Waals surface area contributed by atoms with Crippen LogP contribution in [0.25, 0.3) is 0 Å². The minimum atomic E-state index is -1.04. The van der Waals surface area contributed by atoms with Crippen LogP contribution >= 0.6 is 11.5 Å². The number of amides is 1. The van der Waals surface area contributed by atoms with Crippen LogP contribution in [0.2, 0.25) is 0 Å². The molecule has 2 N–H and O–H groups in total. The number of carbonyl (C=O) groups excluding carboxylic acids is 1. The van der Waals surface area contributed by atoms with Gasteiger partial charge in [-0.15, -0.1) is 5.10 Å². The van der Waals surface area contributed by atoms with Crippen LogP contribution in [0, 0.1) is 6.92 Å². The van der Waals surface area contributed by atoms with E-state index in [0.29, 0.717) is 5.69 Å². The normalized spacial score (nSPS) is 10.1. The van der Waals surface area contributed by atoms with Crippen molar-refractivity contribution >= 4 is 29.1 Å². The molecule has 1 aromatic heterocycles. The number of benzene rings is 1. The number of nitrogens with zero attached hydrogens (tertiary/aromatic N) is 2. The average molecular weight is 263 g/mol. The predicted molar refractivity (Wildman–Crippen MR) is 66.0 cm³/mol. The van der Waals surface area contributed by atoms with E-state index in [2.05, 4.69) is 14.9 Å². The maximum absolute atomic E-state index is 11.8. The Balaban J connectivity index is 2.26. The highest BCUT2D eigenvalue weighted by molar-refractivity contribution is 7.03. The van der Waals surface area contributed by atoms with Crippen LogP contribution < -0.4 is 5.32 Å². The van der Waals surface area contributed by atoms with Crippen molar-refractivity contribution in [3.8, 4) is 0 Å². The summed E-state index contributed by atoms with van der Waals surface area (Å²) >= 11 is 1.07. The molecule has 0 saturated heterocycles. The van der Waals surface area contributed by atoms with E-state index in [0.717, 1.165) is 17.1 Å². The Bertz CT molecular complexity index is 596. The zero-order valence-electron chi connectivity index (χ0n) is 9.38. The van der Waals surface area contributed by atoms with Gasteiger partial charge in [0.25, 0.3) is 5.91 Å². The number of carbonyl (C=O) groups is 2. The third kappa shape index (κ3) is 2.51. The first-order valence-electron chi connectivity index (χ1n) is 5.00. The molecular weight excluding hydrogens is 254 g/mol. The largest absolute Gasteiger partial charge is 0.478 e. The minimum Gasteiger partial charge on any atom is -0.478 e. The fraction of sp³-hybridized carbons (Fsp3) is 0.0909. The van der Waals surface area contributed by atoms with Crippen molar-refractivity contribution in [2.75, 3.05) is 5.32 Å². The number of anilines is 1. The first kappa shape index (κ1) is 12.2. The van der Waals surface area contributed by atoms with Crippen molar-refractivity contribution in [3.05, 3.63) is 40.4 Å². The van der Waals surface area contributed by atoms with Gasteiger partial charge in [0.15, 0.2) is 5.69 Å². The number of hydrogen-bond donors (Lipinski definition) is 2. The van der Waals surface area contributed by atoms with E-state index in [1.54, 1.807) is 13.0 Å². The summed E-state index contributed by atoms with van der Waals surface area (Å²) in [5, 5.41) is 16.7. The molecule has 0 aliphatic rings. The van der Waals surface area contributed by atoms with Gasteiger partial charge >= 0.3 is 5.97 Å². The molecule has 0 aliphatic heterocycles. The third-order valence-electron chi connectivity index (χ3n) is 2.33. The Hall–Kier alpha value is -2.28. The van der Waals surface area contributed by atoms with Crippen LogP contribution in [-0.4, -0.2) is 26.6 Å². The zero-order valence-corrected chi connectivity index (χ0v) is 10.2. The lowest BCUT2D eigenvalue weighted by Crippen LogP contribution is -2.14. The summed E-state index contributed by atoms with van der Waals surface area (Å²) in [5.41, 5.74) is 1.55. The average Bonchev–Trinajstić information content (AvgIpc) is 2.85. The first-order valence-corrected chi connectivity index (χ1v) is 5.84. The molecule has 0 radical (unpaired) electrons. The summed E-state index contributed by atoms with van der Waals surface area (Å²) in [6, 6.07) is 4.53. The van der Waals surface area contributed by atoms with E-state index in [9.17, 15) is 9.59 Å². The molecule has 1 amide bonds. The summed E-state index contributed by atoms with van der Waals surface area (Å²) in [4.78, 5) is 22.6. The topological polar surface area (TPSA) is 92.2 Å². The molecule has 0 fully saturated rings. The summed E-state index contributed by atoms with van der Waals surface area (Å²) in [5.74, 6) is -1.45. The standard InChI is InChI=1S/C11H9N3O3S/c1-6-2-3-7(11(16)17)4-8(6)12-10(15)9-5-18-14-13-9/h2-5H,1H3,(H,12,15)(H,16,17). The Morgan fingerprint density at radius 1 is 1.39 bits per heavy atom. The van der Waals surface area contributed by atoms with E-state index in [1.807, 2.05) is 0 Å².